The summed E-state index contributed by atoms with van der Waals surface area (Å²) < 4.78 is 2.12. The zero-order valence-electron chi connectivity index (χ0n) is 12.6. The van der Waals surface area contributed by atoms with Crippen molar-refractivity contribution in [3.8, 4) is 0 Å². The second-order valence-electron chi connectivity index (χ2n) is 6.00. The smallest absolute Gasteiger partial charge is 0.311 e. The van der Waals surface area contributed by atoms with Gasteiger partial charge in [-0.25, -0.2) is 0 Å². The molecule has 0 unspecified atom stereocenters. The number of para-hydroxylation sites is 1. The summed E-state index contributed by atoms with van der Waals surface area (Å²) in [7, 11) is 0. The van der Waals surface area contributed by atoms with Crippen molar-refractivity contribution in [2.75, 3.05) is 6.54 Å². The van der Waals surface area contributed by atoms with E-state index < -0.39 is 11.4 Å². The standard InChI is InChI=1S/C17H20N2O3/c1-2-19-10-12(13-5-3-4-6-14(13)19)9-15(20)18-11-17(7-8-17)16(21)22/h3-6,10H,2,7-9,11H2,1H3,(H,18,20)(H,21,22). The van der Waals surface area contributed by atoms with Gasteiger partial charge in [-0.1, -0.05) is 18.2 Å². The van der Waals surface area contributed by atoms with E-state index in [0.29, 0.717) is 12.8 Å². The first-order chi connectivity index (χ1) is 10.6. The van der Waals surface area contributed by atoms with E-state index in [1.807, 2.05) is 30.5 Å². The van der Waals surface area contributed by atoms with Crippen molar-refractivity contribution >= 4 is 22.8 Å². The molecule has 1 saturated carbocycles. The average Bonchev–Trinajstić information content (AvgIpc) is 3.24. The molecule has 1 aromatic heterocycles. The lowest BCUT2D eigenvalue weighted by molar-refractivity contribution is -0.143. The quantitative estimate of drug-likeness (QED) is 0.859. The molecule has 2 N–H and O–H groups in total. The van der Waals surface area contributed by atoms with Crippen LogP contribution >= 0.6 is 0 Å². The normalized spacial score (nSPS) is 15.7. The van der Waals surface area contributed by atoms with Gasteiger partial charge in [-0.15, -0.1) is 0 Å². The summed E-state index contributed by atoms with van der Waals surface area (Å²) in [5.41, 5.74) is 1.39. The number of amides is 1. The van der Waals surface area contributed by atoms with Crippen LogP contribution in [-0.4, -0.2) is 28.1 Å². The monoisotopic (exact) mass is 300 g/mol. The van der Waals surface area contributed by atoms with Crippen LogP contribution in [0.3, 0.4) is 0 Å². The van der Waals surface area contributed by atoms with Gasteiger partial charge >= 0.3 is 5.97 Å². The van der Waals surface area contributed by atoms with Gasteiger partial charge in [0.05, 0.1) is 11.8 Å². The van der Waals surface area contributed by atoms with Crippen LogP contribution in [0, 0.1) is 5.41 Å². The Morgan fingerprint density at radius 3 is 2.68 bits per heavy atom. The summed E-state index contributed by atoms with van der Waals surface area (Å²) in [5, 5.41) is 13.0. The Bertz CT molecular complexity index is 729. The van der Waals surface area contributed by atoms with Crippen LogP contribution < -0.4 is 5.32 Å². The van der Waals surface area contributed by atoms with Crippen LogP contribution in [0.4, 0.5) is 0 Å². The van der Waals surface area contributed by atoms with Gasteiger partial charge in [0.25, 0.3) is 0 Å². The first-order valence-corrected chi connectivity index (χ1v) is 7.62. The molecule has 0 radical (unpaired) electrons. The molecule has 0 saturated heterocycles. The second kappa shape index (κ2) is 5.48. The van der Waals surface area contributed by atoms with E-state index in [2.05, 4.69) is 16.8 Å². The van der Waals surface area contributed by atoms with Gasteiger partial charge in [0.1, 0.15) is 0 Å². The van der Waals surface area contributed by atoms with Crippen LogP contribution in [-0.2, 0) is 22.6 Å². The van der Waals surface area contributed by atoms with Gasteiger partial charge in [-0.3, -0.25) is 9.59 Å². The number of carbonyl (C=O) groups is 2. The van der Waals surface area contributed by atoms with E-state index in [4.69, 9.17) is 5.11 Å². The number of hydrogen-bond acceptors (Lipinski definition) is 2. The van der Waals surface area contributed by atoms with Crippen molar-refractivity contribution in [3.05, 3.63) is 36.0 Å². The van der Waals surface area contributed by atoms with Gasteiger partial charge in [-0.05, 0) is 31.4 Å². The number of fused-ring (bicyclic) bond motifs is 1. The molecular formula is C17H20N2O3. The molecule has 0 atom stereocenters. The molecule has 1 fully saturated rings. The number of aliphatic carboxylic acids is 1. The predicted molar refractivity (Wildman–Crippen MR) is 83.6 cm³/mol. The van der Waals surface area contributed by atoms with Crippen LogP contribution in [0.15, 0.2) is 30.5 Å². The average molecular weight is 300 g/mol. The number of nitrogens with zero attached hydrogens (tertiary/aromatic N) is 1. The number of aromatic nitrogens is 1. The fraction of sp³-hybridized carbons (Fsp3) is 0.412. The third-order valence-corrected chi connectivity index (χ3v) is 4.49. The highest BCUT2D eigenvalue weighted by atomic mass is 16.4. The number of benzene rings is 1. The highest BCUT2D eigenvalue weighted by Gasteiger charge is 2.50. The summed E-state index contributed by atoms with van der Waals surface area (Å²) in [6.07, 6.45) is 3.59. The molecule has 0 aliphatic heterocycles. The van der Waals surface area contributed by atoms with E-state index >= 15 is 0 Å². The van der Waals surface area contributed by atoms with E-state index in [1.54, 1.807) is 0 Å². The summed E-state index contributed by atoms with van der Waals surface area (Å²) >= 11 is 0. The van der Waals surface area contributed by atoms with Crippen molar-refractivity contribution in [2.45, 2.75) is 32.7 Å². The van der Waals surface area contributed by atoms with Gasteiger partial charge in [0, 0.05) is 30.2 Å². The zero-order chi connectivity index (χ0) is 15.7. The lowest BCUT2D eigenvalue weighted by atomic mass is 10.1. The van der Waals surface area contributed by atoms with E-state index in [9.17, 15) is 9.59 Å². The van der Waals surface area contributed by atoms with Crippen LogP contribution in [0.25, 0.3) is 10.9 Å². The first-order valence-electron chi connectivity index (χ1n) is 7.62. The maximum atomic E-state index is 12.1. The number of rotatable bonds is 6. The molecule has 1 amide bonds. The second-order valence-corrected chi connectivity index (χ2v) is 6.00. The minimum absolute atomic E-state index is 0.119. The Labute approximate surface area is 128 Å². The van der Waals surface area contributed by atoms with Gasteiger partial charge in [0.15, 0.2) is 0 Å². The highest BCUT2D eigenvalue weighted by molar-refractivity contribution is 5.89. The molecule has 1 aromatic carbocycles. The van der Waals surface area contributed by atoms with Crippen molar-refractivity contribution in [1.29, 1.82) is 0 Å². The van der Waals surface area contributed by atoms with E-state index in [0.717, 1.165) is 23.0 Å². The highest BCUT2D eigenvalue weighted by Crippen LogP contribution is 2.45. The number of nitrogens with one attached hydrogen (secondary N) is 1. The Hall–Kier alpha value is -2.30. The molecule has 1 aliphatic rings. The summed E-state index contributed by atoms with van der Waals surface area (Å²) in [4.78, 5) is 23.3. The number of carbonyl (C=O) groups excluding carboxylic acids is 1. The van der Waals surface area contributed by atoms with Crippen LogP contribution in [0.5, 0.6) is 0 Å². The van der Waals surface area contributed by atoms with Gasteiger partial charge < -0.3 is 15.0 Å². The predicted octanol–water partition coefficient (Wildman–Crippen LogP) is 2.18. The zero-order valence-corrected chi connectivity index (χ0v) is 12.6. The van der Waals surface area contributed by atoms with Crippen molar-refractivity contribution in [2.24, 2.45) is 5.41 Å². The molecule has 5 nitrogen and oxygen atoms in total. The molecule has 116 valence electrons. The number of carboxylic acid groups (broad SMARTS) is 1. The fourth-order valence-electron chi connectivity index (χ4n) is 2.85. The largest absolute Gasteiger partial charge is 0.481 e. The minimum Gasteiger partial charge on any atom is -0.481 e. The SMILES string of the molecule is CCn1cc(CC(=O)NCC2(C(=O)O)CC2)c2ccccc21. The summed E-state index contributed by atoms with van der Waals surface area (Å²) in [6, 6.07) is 8.02. The lowest BCUT2D eigenvalue weighted by Gasteiger charge is -2.10. The molecule has 0 spiro atoms. The summed E-state index contributed by atoms with van der Waals surface area (Å²) in [5.74, 6) is -0.929. The van der Waals surface area contributed by atoms with Gasteiger partial charge in [-0.2, -0.15) is 0 Å². The molecule has 2 aromatic rings. The van der Waals surface area contributed by atoms with Crippen molar-refractivity contribution < 1.29 is 14.7 Å². The molecule has 22 heavy (non-hydrogen) atoms. The third-order valence-electron chi connectivity index (χ3n) is 4.49. The first kappa shape index (κ1) is 14.6. The maximum absolute atomic E-state index is 12.1. The third kappa shape index (κ3) is 2.58. The number of carboxylic acids is 1. The molecule has 1 aliphatic carbocycles. The molecule has 5 heteroatoms. The van der Waals surface area contributed by atoms with E-state index in [1.165, 1.54) is 0 Å². The molecule has 1 heterocycles. The van der Waals surface area contributed by atoms with Crippen molar-refractivity contribution in [3.63, 3.8) is 0 Å². The van der Waals surface area contributed by atoms with E-state index in [-0.39, 0.29) is 18.9 Å². The Balaban J connectivity index is 1.71. The number of hydrogen-bond donors (Lipinski definition) is 2. The topological polar surface area (TPSA) is 71.3 Å². The van der Waals surface area contributed by atoms with Crippen LogP contribution in [0.1, 0.15) is 25.3 Å². The molecule has 3 rings (SSSR count). The molecular weight excluding hydrogens is 280 g/mol. The van der Waals surface area contributed by atoms with Gasteiger partial charge in [0.2, 0.25) is 5.91 Å². The summed E-state index contributed by atoms with van der Waals surface area (Å²) in [6.45, 7) is 3.15. The van der Waals surface area contributed by atoms with Crippen molar-refractivity contribution in [1.82, 2.24) is 9.88 Å². The number of aryl methyl sites for hydroxylation is 1. The Morgan fingerprint density at radius 2 is 2.05 bits per heavy atom. The fourth-order valence-corrected chi connectivity index (χ4v) is 2.85. The maximum Gasteiger partial charge on any atom is 0.311 e. The Kier molecular flexibility index (Phi) is 3.64. The Morgan fingerprint density at radius 1 is 1.32 bits per heavy atom. The molecule has 0 bridgehead atoms. The van der Waals surface area contributed by atoms with Crippen LogP contribution in [0.2, 0.25) is 0 Å². The minimum atomic E-state index is -0.810. The lowest BCUT2D eigenvalue weighted by Crippen LogP contribution is -2.35.